The first-order chi connectivity index (χ1) is 4.83. The molecule has 0 aliphatic rings. The van der Waals surface area contributed by atoms with Crippen molar-refractivity contribution in [2.45, 2.75) is 25.4 Å². The number of hydrogen-bond acceptors (Lipinski definition) is 3. The summed E-state index contributed by atoms with van der Waals surface area (Å²) in [5.74, 6) is -1.13. The van der Waals surface area contributed by atoms with Gasteiger partial charge < -0.3 is 10.2 Å². The van der Waals surface area contributed by atoms with Crippen LogP contribution in [0.25, 0.3) is 0 Å². The molecule has 1 atom stereocenters. The number of carbonyl (C=O) groups is 2. The predicted octanol–water partition coefficient (Wildman–Crippen LogP) is 0.0586. The lowest BCUT2D eigenvalue weighted by atomic mass is 9.99. The molecule has 0 unspecified atom stereocenters. The van der Waals surface area contributed by atoms with Crippen LogP contribution in [0, 0.1) is 0 Å². The van der Waals surface area contributed by atoms with Crippen LogP contribution in [0.4, 0.5) is 0 Å². The first kappa shape index (κ1) is 10.4. The van der Waals surface area contributed by atoms with Gasteiger partial charge in [0.25, 0.3) is 0 Å². The summed E-state index contributed by atoms with van der Waals surface area (Å²) in [5, 5.41) is 17.0. The van der Waals surface area contributed by atoms with Gasteiger partial charge in [0.15, 0.2) is 5.12 Å². The van der Waals surface area contributed by atoms with Crippen molar-refractivity contribution in [3.05, 3.63) is 0 Å². The number of carboxylic acids is 1. The fourth-order valence-electron chi connectivity index (χ4n) is 0.714. The van der Waals surface area contributed by atoms with Crippen molar-refractivity contribution < 1.29 is 19.8 Å². The van der Waals surface area contributed by atoms with Crippen molar-refractivity contribution in [1.29, 1.82) is 0 Å². The van der Waals surface area contributed by atoms with Crippen LogP contribution in [0.2, 0.25) is 0 Å². The van der Waals surface area contributed by atoms with Gasteiger partial charge in [-0.3, -0.25) is 9.59 Å². The van der Waals surface area contributed by atoms with Gasteiger partial charge in [0.2, 0.25) is 0 Å². The zero-order chi connectivity index (χ0) is 9.07. The Hall–Kier alpha value is -0.550. The van der Waals surface area contributed by atoms with Crippen LogP contribution in [0.3, 0.4) is 0 Å². The summed E-state index contributed by atoms with van der Waals surface area (Å²) in [4.78, 5) is 20.5. The van der Waals surface area contributed by atoms with Crippen LogP contribution in [0.1, 0.15) is 19.8 Å². The van der Waals surface area contributed by atoms with Crippen molar-refractivity contribution in [3.8, 4) is 0 Å². The van der Waals surface area contributed by atoms with Gasteiger partial charge in [-0.2, -0.15) is 0 Å². The van der Waals surface area contributed by atoms with Crippen molar-refractivity contribution in [1.82, 2.24) is 0 Å². The molecule has 0 fully saturated rings. The van der Waals surface area contributed by atoms with Crippen LogP contribution in [0.5, 0.6) is 0 Å². The summed E-state index contributed by atoms with van der Waals surface area (Å²) < 4.78 is 0. The topological polar surface area (TPSA) is 74.6 Å². The van der Waals surface area contributed by atoms with Crippen LogP contribution in [-0.2, 0) is 9.59 Å². The van der Waals surface area contributed by atoms with E-state index in [1.807, 2.05) is 0 Å². The van der Waals surface area contributed by atoms with E-state index in [9.17, 15) is 14.7 Å². The molecule has 0 saturated carbocycles. The molecule has 11 heavy (non-hydrogen) atoms. The van der Waals surface area contributed by atoms with E-state index in [-0.39, 0.29) is 6.42 Å². The average molecular weight is 178 g/mol. The largest absolute Gasteiger partial charge is 0.481 e. The number of hydrogen-bond donors (Lipinski definition) is 3. The summed E-state index contributed by atoms with van der Waals surface area (Å²) in [7, 11) is 0. The maximum atomic E-state index is 10.4. The number of carbonyl (C=O) groups excluding carboxylic acids is 1. The van der Waals surface area contributed by atoms with E-state index < -0.39 is 23.1 Å². The zero-order valence-corrected chi connectivity index (χ0v) is 6.97. The van der Waals surface area contributed by atoms with Crippen molar-refractivity contribution in [2.75, 3.05) is 0 Å². The minimum atomic E-state index is -1.48. The molecule has 0 rings (SSSR count). The van der Waals surface area contributed by atoms with Crippen LogP contribution < -0.4 is 0 Å². The van der Waals surface area contributed by atoms with E-state index >= 15 is 0 Å². The highest BCUT2D eigenvalue weighted by Gasteiger charge is 2.25. The normalized spacial score (nSPS) is 15.5. The Morgan fingerprint density at radius 1 is 1.45 bits per heavy atom. The SMILES string of the molecule is C[C@](O)(CC(=O)O)CC(=O)S. The van der Waals surface area contributed by atoms with E-state index in [1.165, 1.54) is 6.92 Å². The molecule has 0 heterocycles. The average Bonchev–Trinajstić information content (AvgIpc) is 1.53. The lowest BCUT2D eigenvalue weighted by Gasteiger charge is -2.18. The summed E-state index contributed by atoms with van der Waals surface area (Å²) in [6.07, 6.45) is -0.693. The second kappa shape index (κ2) is 3.73. The molecule has 0 saturated heterocycles. The molecule has 64 valence electrons. The number of carboxylic acid groups (broad SMARTS) is 1. The molecule has 0 radical (unpaired) electrons. The second-order valence-corrected chi connectivity index (χ2v) is 3.14. The summed E-state index contributed by atoms with van der Waals surface area (Å²) in [5.41, 5.74) is -1.48. The van der Waals surface area contributed by atoms with Gasteiger partial charge in [-0.15, -0.1) is 12.6 Å². The third-order valence-electron chi connectivity index (χ3n) is 1.06. The smallest absolute Gasteiger partial charge is 0.306 e. The van der Waals surface area contributed by atoms with E-state index in [1.54, 1.807) is 0 Å². The molecule has 0 aliphatic carbocycles. The predicted molar refractivity (Wildman–Crippen MR) is 41.5 cm³/mol. The maximum absolute atomic E-state index is 10.4. The minimum Gasteiger partial charge on any atom is -0.481 e. The van der Waals surface area contributed by atoms with Crippen LogP contribution in [-0.4, -0.2) is 26.9 Å². The summed E-state index contributed by atoms with van der Waals surface area (Å²) in [6.45, 7) is 1.29. The first-order valence-corrected chi connectivity index (χ1v) is 3.44. The minimum absolute atomic E-state index is 0.248. The Morgan fingerprint density at radius 3 is 2.18 bits per heavy atom. The van der Waals surface area contributed by atoms with Gasteiger partial charge in [0.05, 0.1) is 12.0 Å². The monoisotopic (exact) mass is 178 g/mol. The first-order valence-electron chi connectivity index (χ1n) is 2.99. The fourth-order valence-corrected chi connectivity index (χ4v) is 1.05. The van der Waals surface area contributed by atoms with E-state index in [0.29, 0.717) is 0 Å². The standard InChI is InChI=1S/C6H10O4S/c1-6(10,2-4(7)8)3-5(9)11/h10H,2-3H2,1H3,(H,7,8)(H,9,11)/t6-/m0/s1. The maximum Gasteiger partial charge on any atom is 0.306 e. The molecule has 0 aliphatic heterocycles. The Bertz CT molecular complexity index is 157. The molecule has 0 amide bonds. The fraction of sp³-hybridized carbons (Fsp3) is 0.667. The lowest BCUT2D eigenvalue weighted by Crippen LogP contribution is -2.29. The Balaban J connectivity index is 3.99. The van der Waals surface area contributed by atoms with E-state index in [0.717, 1.165) is 0 Å². The highest BCUT2D eigenvalue weighted by molar-refractivity contribution is 7.96. The molecule has 5 heteroatoms. The molecule has 2 N–H and O–H groups in total. The second-order valence-electron chi connectivity index (χ2n) is 2.64. The van der Waals surface area contributed by atoms with Gasteiger partial charge in [-0.25, -0.2) is 0 Å². The van der Waals surface area contributed by atoms with Crippen LogP contribution >= 0.6 is 12.6 Å². The van der Waals surface area contributed by atoms with Gasteiger partial charge in [0.1, 0.15) is 0 Å². The lowest BCUT2D eigenvalue weighted by molar-refractivity contribution is -0.142. The number of aliphatic carboxylic acids is 1. The molecule has 4 nitrogen and oxygen atoms in total. The molecule has 0 aromatic heterocycles. The summed E-state index contributed by atoms with van der Waals surface area (Å²) in [6, 6.07) is 0. The van der Waals surface area contributed by atoms with Gasteiger partial charge >= 0.3 is 5.97 Å². The van der Waals surface area contributed by atoms with Crippen molar-refractivity contribution >= 4 is 23.7 Å². The molecular weight excluding hydrogens is 168 g/mol. The number of rotatable bonds is 4. The highest BCUT2D eigenvalue weighted by atomic mass is 32.1. The Morgan fingerprint density at radius 2 is 1.91 bits per heavy atom. The van der Waals surface area contributed by atoms with E-state index in [2.05, 4.69) is 12.6 Å². The Labute approximate surface area is 69.6 Å². The molecular formula is C6H10O4S. The number of aliphatic hydroxyl groups is 1. The summed E-state index contributed by atoms with van der Waals surface area (Å²) >= 11 is 3.42. The third-order valence-corrected chi connectivity index (χ3v) is 1.22. The molecule has 0 aromatic carbocycles. The Kier molecular flexibility index (Phi) is 3.54. The highest BCUT2D eigenvalue weighted by Crippen LogP contribution is 2.15. The van der Waals surface area contributed by atoms with Crippen molar-refractivity contribution in [2.24, 2.45) is 0 Å². The van der Waals surface area contributed by atoms with Crippen LogP contribution in [0.15, 0.2) is 0 Å². The van der Waals surface area contributed by atoms with Gasteiger partial charge in [-0.1, -0.05) is 0 Å². The third kappa shape index (κ3) is 5.87. The van der Waals surface area contributed by atoms with E-state index in [4.69, 9.17) is 5.11 Å². The quantitative estimate of drug-likeness (QED) is 0.532. The van der Waals surface area contributed by atoms with Crippen molar-refractivity contribution in [3.63, 3.8) is 0 Å². The zero-order valence-electron chi connectivity index (χ0n) is 6.07. The van der Waals surface area contributed by atoms with Gasteiger partial charge in [0, 0.05) is 6.42 Å². The molecule has 0 aromatic rings. The molecule has 0 bridgehead atoms. The van der Waals surface area contributed by atoms with Gasteiger partial charge in [-0.05, 0) is 6.92 Å². The molecule has 0 spiro atoms. The number of thiol groups is 1.